The van der Waals surface area contributed by atoms with Crippen LogP contribution in [0.25, 0.3) is 11.3 Å². The SMILES string of the molecule is Cc1nn(-c2ccccc2)c2c1[C@H](c1cccnc1)c1c(ncn3nc(COc4ccccc4)nc13)O2. The molecule has 5 heterocycles. The smallest absolute Gasteiger partial charge is 0.230 e. The van der Waals surface area contributed by atoms with Crippen LogP contribution < -0.4 is 9.47 Å². The van der Waals surface area contributed by atoms with Crippen molar-refractivity contribution in [2.24, 2.45) is 0 Å². The molecule has 7 rings (SSSR count). The predicted molar refractivity (Wildman–Crippen MR) is 135 cm³/mol. The highest BCUT2D eigenvalue weighted by Crippen LogP contribution is 2.49. The molecule has 0 amide bonds. The number of benzene rings is 2. The van der Waals surface area contributed by atoms with Crippen molar-refractivity contribution in [3.8, 4) is 23.2 Å². The maximum Gasteiger partial charge on any atom is 0.230 e. The van der Waals surface area contributed by atoms with Crippen molar-refractivity contribution < 1.29 is 9.47 Å². The number of hydrogen-bond donors (Lipinski definition) is 0. The Labute approximate surface area is 212 Å². The van der Waals surface area contributed by atoms with Gasteiger partial charge in [-0.3, -0.25) is 4.98 Å². The van der Waals surface area contributed by atoms with Crippen LogP contribution >= 0.6 is 0 Å². The summed E-state index contributed by atoms with van der Waals surface area (Å²) in [7, 11) is 0. The van der Waals surface area contributed by atoms with Gasteiger partial charge in [0.15, 0.2) is 11.5 Å². The highest BCUT2D eigenvalue weighted by atomic mass is 16.5. The van der Waals surface area contributed by atoms with Crippen LogP contribution in [0.15, 0.2) is 91.5 Å². The molecule has 0 radical (unpaired) electrons. The Hall–Kier alpha value is -5.05. The first-order valence-corrected chi connectivity index (χ1v) is 11.9. The number of aryl methyl sites for hydroxylation is 1. The first-order valence-electron chi connectivity index (χ1n) is 11.9. The molecule has 0 unspecified atom stereocenters. The van der Waals surface area contributed by atoms with Gasteiger partial charge in [0.05, 0.1) is 28.4 Å². The van der Waals surface area contributed by atoms with E-state index in [2.05, 4.69) is 21.1 Å². The average molecular weight is 488 g/mol. The first kappa shape index (κ1) is 21.3. The van der Waals surface area contributed by atoms with Crippen molar-refractivity contribution in [2.75, 3.05) is 0 Å². The Morgan fingerprint density at radius 3 is 2.51 bits per heavy atom. The van der Waals surface area contributed by atoms with E-state index in [0.717, 1.165) is 33.8 Å². The van der Waals surface area contributed by atoms with Crippen molar-refractivity contribution in [3.63, 3.8) is 0 Å². The lowest BCUT2D eigenvalue weighted by molar-refractivity contribution is 0.296. The molecular weight excluding hydrogens is 466 g/mol. The van der Waals surface area contributed by atoms with Gasteiger partial charge in [-0.25, -0.2) is 19.2 Å². The monoisotopic (exact) mass is 487 g/mol. The van der Waals surface area contributed by atoms with Crippen LogP contribution in [0.5, 0.6) is 17.5 Å². The Kier molecular flexibility index (Phi) is 4.92. The van der Waals surface area contributed by atoms with Gasteiger partial charge in [-0.1, -0.05) is 42.5 Å². The lowest BCUT2D eigenvalue weighted by Gasteiger charge is -2.26. The lowest BCUT2D eigenvalue weighted by Crippen LogP contribution is -2.16. The molecular formula is C28H21N7O2. The highest BCUT2D eigenvalue weighted by Gasteiger charge is 2.38. The molecule has 0 spiro atoms. The molecule has 0 aliphatic carbocycles. The summed E-state index contributed by atoms with van der Waals surface area (Å²) in [4.78, 5) is 13.9. The number of pyridine rings is 1. The van der Waals surface area contributed by atoms with E-state index in [-0.39, 0.29) is 12.5 Å². The zero-order valence-electron chi connectivity index (χ0n) is 19.9. The van der Waals surface area contributed by atoms with Crippen molar-refractivity contribution in [1.82, 2.24) is 34.3 Å². The van der Waals surface area contributed by atoms with Gasteiger partial charge in [-0.15, -0.1) is 5.10 Å². The molecule has 0 N–H and O–H groups in total. The van der Waals surface area contributed by atoms with Crippen LogP contribution in [0, 0.1) is 6.92 Å². The van der Waals surface area contributed by atoms with E-state index in [1.807, 2.05) is 84.5 Å². The van der Waals surface area contributed by atoms with E-state index in [1.165, 1.54) is 0 Å². The second-order valence-corrected chi connectivity index (χ2v) is 8.73. The summed E-state index contributed by atoms with van der Waals surface area (Å²) in [5.74, 6) is 2.16. The third-order valence-corrected chi connectivity index (χ3v) is 6.39. The highest BCUT2D eigenvalue weighted by molar-refractivity contribution is 5.66. The summed E-state index contributed by atoms with van der Waals surface area (Å²) in [6.07, 6.45) is 5.25. The fraction of sp³-hybridized carbons (Fsp3) is 0.107. The van der Waals surface area contributed by atoms with Crippen molar-refractivity contribution in [2.45, 2.75) is 19.4 Å². The Morgan fingerprint density at radius 2 is 1.73 bits per heavy atom. The van der Waals surface area contributed by atoms with Gasteiger partial charge in [0.1, 0.15) is 18.7 Å². The van der Waals surface area contributed by atoms with Crippen molar-refractivity contribution in [1.29, 1.82) is 0 Å². The zero-order chi connectivity index (χ0) is 24.8. The lowest BCUT2D eigenvalue weighted by atomic mass is 9.85. The number of hydrogen-bond acceptors (Lipinski definition) is 7. The number of nitrogens with zero attached hydrogens (tertiary/aromatic N) is 7. The summed E-state index contributed by atoms with van der Waals surface area (Å²) < 4.78 is 15.8. The number of rotatable bonds is 5. The minimum atomic E-state index is -0.242. The minimum Gasteiger partial charge on any atom is -0.486 e. The quantitative estimate of drug-likeness (QED) is 0.342. The standard InChI is InChI=1S/C28H21N7O2/c1-18-23-24(19-9-8-14-29-15-19)25-26-31-22(16-36-21-12-6-3-7-13-21)33-34(26)17-30-27(25)37-28(23)35(32-18)20-10-4-2-5-11-20/h2-15,17,24H,16H2,1H3/t24-/m0/s1. The zero-order valence-corrected chi connectivity index (χ0v) is 19.9. The van der Waals surface area contributed by atoms with Crippen molar-refractivity contribution in [3.05, 3.63) is 120 Å². The molecule has 0 fully saturated rings. The molecule has 0 saturated heterocycles. The maximum absolute atomic E-state index is 6.44. The summed E-state index contributed by atoms with van der Waals surface area (Å²) in [6, 6.07) is 23.5. The molecule has 180 valence electrons. The molecule has 4 aromatic heterocycles. The third-order valence-electron chi connectivity index (χ3n) is 6.39. The molecule has 37 heavy (non-hydrogen) atoms. The topological polar surface area (TPSA) is 92.3 Å². The van der Waals surface area contributed by atoms with Gasteiger partial charge in [0, 0.05) is 12.4 Å². The van der Waals surface area contributed by atoms with Crippen LogP contribution in [-0.2, 0) is 6.61 Å². The molecule has 1 aliphatic rings. The molecule has 0 saturated carbocycles. The molecule has 9 nitrogen and oxygen atoms in total. The Balaban J connectivity index is 1.38. The molecule has 1 atom stereocenters. The Morgan fingerprint density at radius 1 is 0.919 bits per heavy atom. The Bertz CT molecular complexity index is 1710. The van der Waals surface area contributed by atoms with Gasteiger partial charge in [-0.2, -0.15) is 5.10 Å². The van der Waals surface area contributed by atoms with E-state index >= 15 is 0 Å². The van der Waals surface area contributed by atoms with Crippen LogP contribution in [0.3, 0.4) is 0 Å². The predicted octanol–water partition coefficient (Wildman–Crippen LogP) is 4.88. The largest absolute Gasteiger partial charge is 0.486 e. The number of para-hydroxylation sites is 2. The number of ether oxygens (including phenoxy) is 2. The number of fused-ring (bicyclic) bond motifs is 4. The van der Waals surface area contributed by atoms with Gasteiger partial charge >= 0.3 is 0 Å². The molecule has 1 aliphatic heterocycles. The fourth-order valence-electron chi connectivity index (χ4n) is 4.77. The molecule has 0 bridgehead atoms. The van der Waals surface area contributed by atoms with Crippen LogP contribution in [0.1, 0.15) is 34.1 Å². The first-order chi connectivity index (χ1) is 18.3. The average Bonchev–Trinajstić information content (AvgIpc) is 3.53. The van der Waals surface area contributed by atoms with E-state index < -0.39 is 0 Å². The molecule has 9 heteroatoms. The van der Waals surface area contributed by atoms with Crippen LogP contribution in [0.4, 0.5) is 0 Å². The van der Waals surface area contributed by atoms with E-state index in [4.69, 9.17) is 19.6 Å². The third kappa shape index (κ3) is 3.59. The summed E-state index contributed by atoms with van der Waals surface area (Å²) in [6.45, 7) is 2.22. The van der Waals surface area contributed by atoms with E-state index in [9.17, 15) is 0 Å². The van der Waals surface area contributed by atoms with Gasteiger partial charge in [0.2, 0.25) is 11.8 Å². The normalized spacial score (nSPS) is 14.1. The van der Waals surface area contributed by atoms with Gasteiger partial charge in [0.25, 0.3) is 0 Å². The molecule has 6 aromatic rings. The maximum atomic E-state index is 6.44. The summed E-state index contributed by atoms with van der Waals surface area (Å²) in [5, 5.41) is 9.47. The van der Waals surface area contributed by atoms with Crippen LogP contribution in [0.2, 0.25) is 0 Å². The second kappa shape index (κ2) is 8.56. The minimum absolute atomic E-state index is 0.231. The van der Waals surface area contributed by atoms with Crippen LogP contribution in [-0.4, -0.2) is 34.3 Å². The fourth-order valence-corrected chi connectivity index (χ4v) is 4.77. The molecule has 2 aromatic carbocycles. The summed E-state index contributed by atoms with van der Waals surface area (Å²) >= 11 is 0. The van der Waals surface area contributed by atoms with E-state index in [0.29, 0.717) is 23.2 Å². The number of aromatic nitrogens is 7. The van der Waals surface area contributed by atoms with Gasteiger partial charge < -0.3 is 9.47 Å². The second-order valence-electron chi connectivity index (χ2n) is 8.73. The van der Waals surface area contributed by atoms with Gasteiger partial charge in [-0.05, 0) is 42.8 Å². The van der Waals surface area contributed by atoms with Crippen molar-refractivity contribution >= 4 is 5.65 Å². The summed E-state index contributed by atoms with van der Waals surface area (Å²) in [5.41, 5.74) is 5.17. The van der Waals surface area contributed by atoms with E-state index in [1.54, 1.807) is 17.0 Å².